The van der Waals surface area contributed by atoms with Crippen molar-refractivity contribution in [3.8, 4) is 11.8 Å². The summed E-state index contributed by atoms with van der Waals surface area (Å²) in [5, 5.41) is 2.92. The van der Waals surface area contributed by atoms with Gasteiger partial charge in [-0.3, -0.25) is 4.79 Å². The highest BCUT2D eigenvalue weighted by Crippen LogP contribution is 2.04. The van der Waals surface area contributed by atoms with E-state index < -0.39 is 0 Å². The molecular weight excluding hydrogens is 260 g/mol. The SMILES string of the molecule is NCC#Cc1ccc(C(=O)NCCc2ccccc2)cc1. The monoisotopic (exact) mass is 278 g/mol. The van der Waals surface area contributed by atoms with Gasteiger partial charge in [0.2, 0.25) is 0 Å². The third kappa shape index (κ3) is 4.79. The first-order valence-electron chi connectivity index (χ1n) is 6.91. The minimum absolute atomic E-state index is 0.0655. The molecule has 0 bridgehead atoms. The van der Waals surface area contributed by atoms with E-state index >= 15 is 0 Å². The van der Waals surface area contributed by atoms with E-state index in [0.29, 0.717) is 18.7 Å². The molecule has 3 heteroatoms. The van der Waals surface area contributed by atoms with Gasteiger partial charge in [-0.2, -0.15) is 0 Å². The number of nitrogens with two attached hydrogens (primary N) is 1. The Kier molecular flexibility index (Phi) is 5.57. The van der Waals surface area contributed by atoms with E-state index in [2.05, 4.69) is 29.3 Å². The lowest BCUT2D eigenvalue weighted by Gasteiger charge is -2.05. The van der Waals surface area contributed by atoms with Crippen LogP contribution in [0.2, 0.25) is 0 Å². The third-order valence-corrected chi connectivity index (χ3v) is 3.02. The summed E-state index contributed by atoms with van der Waals surface area (Å²) >= 11 is 0. The van der Waals surface area contributed by atoms with Crippen molar-refractivity contribution >= 4 is 5.91 Å². The van der Waals surface area contributed by atoms with Gasteiger partial charge in [0, 0.05) is 17.7 Å². The Morgan fingerprint density at radius 3 is 2.43 bits per heavy atom. The lowest BCUT2D eigenvalue weighted by Crippen LogP contribution is -2.25. The van der Waals surface area contributed by atoms with Crippen LogP contribution in [0.15, 0.2) is 54.6 Å². The van der Waals surface area contributed by atoms with Gasteiger partial charge in [-0.1, -0.05) is 42.2 Å². The van der Waals surface area contributed by atoms with Gasteiger partial charge in [-0.05, 0) is 36.2 Å². The lowest BCUT2D eigenvalue weighted by molar-refractivity contribution is 0.0954. The van der Waals surface area contributed by atoms with Crippen LogP contribution in [0.1, 0.15) is 21.5 Å². The number of carbonyl (C=O) groups is 1. The second kappa shape index (κ2) is 7.88. The largest absolute Gasteiger partial charge is 0.352 e. The molecule has 0 heterocycles. The van der Waals surface area contributed by atoms with E-state index in [1.807, 2.05) is 30.3 Å². The first-order chi connectivity index (χ1) is 10.3. The normalized spacial score (nSPS) is 9.57. The molecule has 0 fully saturated rings. The van der Waals surface area contributed by atoms with Crippen LogP contribution < -0.4 is 11.1 Å². The summed E-state index contributed by atoms with van der Waals surface area (Å²) in [5.74, 6) is 5.65. The predicted octanol–water partition coefficient (Wildman–Crippen LogP) is 1.97. The quantitative estimate of drug-likeness (QED) is 0.840. The molecular formula is C18H18N2O. The molecule has 0 spiro atoms. The Labute approximate surface area is 125 Å². The smallest absolute Gasteiger partial charge is 0.251 e. The van der Waals surface area contributed by atoms with Gasteiger partial charge in [0.25, 0.3) is 5.91 Å². The van der Waals surface area contributed by atoms with Gasteiger partial charge in [-0.25, -0.2) is 0 Å². The Morgan fingerprint density at radius 1 is 1.05 bits per heavy atom. The van der Waals surface area contributed by atoms with Crippen molar-refractivity contribution < 1.29 is 4.79 Å². The van der Waals surface area contributed by atoms with E-state index in [-0.39, 0.29) is 5.91 Å². The predicted molar refractivity (Wildman–Crippen MR) is 84.9 cm³/mol. The Balaban J connectivity index is 1.85. The van der Waals surface area contributed by atoms with Gasteiger partial charge in [0.1, 0.15) is 0 Å². The molecule has 1 amide bonds. The number of amides is 1. The molecule has 0 saturated carbocycles. The van der Waals surface area contributed by atoms with E-state index in [4.69, 9.17) is 5.73 Å². The van der Waals surface area contributed by atoms with Gasteiger partial charge >= 0.3 is 0 Å². The Bertz CT molecular complexity index is 636. The van der Waals surface area contributed by atoms with Crippen LogP contribution in [0.3, 0.4) is 0 Å². The van der Waals surface area contributed by atoms with E-state index in [9.17, 15) is 4.79 Å². The summed E-state index contributed by atoms with van der Waals surface area (Å²) in [6.07, 6.45) is 0.826. The number of hydrogen-bond donors (Lipinski definition) is 2. The first-order valence-corrected chi connectivity index (χ1v) is 6.91. The third-order valence-electron chi connectivity index (χ3n) is 3.02. The molecule has 0 atom stereocenters. The molecule has 3 N–H and O–H groups in total. The number of benzene rings is 2. The van der Waals surface area contributed by atoms with E-state index in [0.717, 1.165) is 12.0 Å². The van der Waals surface area contributed by atoms with Crippen molar-refractivity contribution in [2.75, 3.05) is 13.1 Å². The van der Waals surface area contributed by atoms with Crippen molar-refractivity contribution in [3.05, 3.63) is 71.3 Å². The van der Waals surface area contributed by atoms with Crippen molar-refractivity contribution in [1.29, 1.82) is 0 Å². The zero-order chi connectivity index (χ0) is 14.9. The van der Waals surface area contributed by atoms with Gasteiger partial charge in [-0.15, -0.1) is 0 Å². The summed E-state index contributed by atoms with van der Waals surface area (Å²) in [6, 6.07) is 17.3. The average molecular weight is 278 g/mol. The zero-order valence-corrected chi connectivity index (χ0v) is 11.8. The standard InChI is InChI=1S/C18H18N2O/c19-13-4-7-16-8-10-17(11-9-16)18(21)20-14-12-15-5-2-1-3-6-15/h1-3,5-6,8-11H,12-14,19H2,(H,20,21). The summed E-state index contributed by atoms with van der Waals surface area (Å²) in [6.45, 7) is 0.958. The molecule has 0 radical (unpaired) electrons. The Hall–Kier alpha value is -2.57. The molecule has 106 valence electrons. The molecule has 2 aromatic rings. The summed E-state index contributed by atoms with van der Waals surface area (Å²) in [5.41, 5.74) is 8.04. The van der Waals surface area contributed by atoms with Crippen molar-refractivity contribution in [1.82, 2.24) is 5.32 Å². The van der Waals surface area contributed by atoms with E-state index in [1.165, 1.54) is 5.56 Å². The van der Waals surface area contributed by atoms with Crippen LogP contribution >= 0.6 is 0 Å². The van der Waals surface area contributed by atoms with Crippen LogP contribution in [0, 0.1) is 11.8 Å². The maximum atomic E-state index is 12.0. The number of hydrogen-bond acceptors (Lipinski definition) is 2. The fourth-order valence-electron chi connectivity index (χ4n) is 1.93. The minimum Gasteiger partial charge on any atom is -0.352 e. The minimum atomic E-state index is -0.0655. The molecule has 21 heavy (non-hydrogen) atoms. The number of rotatable bonds is 4. The molecule has 0 aliphatic heterocycles. The maximum absolute atomic E-state index is 12.0. The number of carbonyl (C=O) groups excluding carboxylic acids is 1. The van der Waals surface area contributed by atoms with Gasteiger partial charge in [0.05, 0.1) is 6.54 Å². The topological polar surface area (TPSA) is 55.1 Å². The molecule has 0 unspecified atom stereocenters. The highest BCUT2D eigenvalue weighted by molar-refractivity contribution is 5.94. The molecule has 3 nitrogen and oxygen atoms in total. The van der Waals surface area contributed by atoms with Crippen molar-refractivity contribution in [2.45, 2.75) is 6.42 Å². The average Bonchev–Trinajstić information content (AvgIpc) is 2.54. The second-order valence-electron chi connectivity index (χ2n) is 4.57. The summed E-state index contributed by atoms with van der Waals surface area (Å²) < 4.78 is 0. The van der Waals surface area contributed by atoms with Crippen LogP contribution in [-0.2, 0) is 6.42 Å². The maximum Gasteiger partial charge on any atom is 0.251 e. The highest BCUT2D eigenvalue weighted by Gasteiger charge is 2.04. The summed E-state index contributed by atoms with van der Waals surface area (Å²) in [7, 11) is 0. The van der Waals surface area contributed by atoms with Crippen LogP contribution in [-0.4, -0.2) is 19.0 Å². The highest BCUT2D eigenvalue weighted by atomic mass is 16.1. The Morgan fingerprint density at radius 2 is 1.76 bits per heavy atom. The lowest BCUT2D eigenvalue weighted by atomic mass is 10.1. The van der Waals surface area contributed by atoms with Crippen LogP contribution in [0.5, 0.6) is 0 Å². The molecule has 0 aliphatic carbocycles. The van der Waals surface area contributed by atoms with Crippen LogP contribution in [0.4, 0.5) is 0 Å². The summed E-state index contributed by atoms with van der Waals surface area (Å²) in [4.78, 5) is 12.0. The molecule has 2 aromatic carbocycles. The molecule has 2 rings (SSSR count). The zero-order valence-electron chi connectivity index (χ0n) is 11.8. The van der Waals surface area contributed by atoms with Gasteiger partial charge < -0.3 is 11.1 Å². The fourth-order valence-corrected chi connectivity index (χ4v) is 1.93. The first kappa shape index (κ1) is 14.8. The molecule has 0 aliphatic rings. The molecule has 0 saturated heterocycles. The van der Waals surface area contributed by atoms with Crippen molar-refractivity contribution in [3.63, 3.8) is 0 Å². The van der Waals surface area contributed by atoms with Gasteiger partial charge in [0.15, 0.2) is 0 Å². The fraction of sp³-hybridized carbons (Fsp3) is 0.167. The molecule has 0 aromatic heterocycles. The van der Waals surface area contributed by atoms with Crippen LogP contribution in [0.25, 0.3) is 0 Å². The van der Waals surface area contributed by atoms with E-state index in [1.54, 1.807) is 12.1 Å². The van der Waals surface area contributed by atoms with Crippen molar-refractivity contribution in [2.24, 2.45) is 5.73 Å². The second-order valence-corrected chi connectivity index (χ2v) is 4.57. The number of nitrogens with one attached hydrogen (secondary N) is 1.